The molecule has 2 aliphatic heterocycles. The van der Waals surface area contributed by atoms with Gasteiger partial charge in [0.2, 0.25) is 21.8 Å². The van der Waals surface area contributed by atoms with Crippen LogP contribution in [0.25, 0.3) is 0 Å². The molecular formula is C17H21N5O4S. The molecule has 0 saturated carbocycles. The van der Waals surface area contributed by atoms with Crippen LogP contribution in [0, 0.1) is 0 Å². The highest BCUT2D eigenvalue weighted by Gasteiger charge is 2.32. The van der Waals surface area contributed by atoms with Crippen molar-refractivity contribution in [3.05, 3.63) is 29.7 Å². The summed E-state index contributed by atoms with van der Waals surface area (Å²) in [5.41, 5.74) is 1.52. The van der Waals surface area contributed by atoms with Crippen LogP contribution in [0.5, 0.6) is 0 Å². The molecule has 0 unspecified atom stereocenters. The number of hydrogen-bond acceptors (Lipinski definition) is 7. The highest BCUT2D eigenvalue weighted by molar-refractivity contribution is 7.89. The highest BCUT2D eigenvalue weighted by atomic mass is 32.2. The molecule has 144 valence electrons. The van der Waals surface area contributed by atoms with Crippen LogP contribution in [-0.2, 0) is 27.7 Å². The molecule has 2 aromatic rings. The summed E-state index contributed by atoms with van der Waals surface area (Å²) in [6, 6.07) is 5.32. The van der Waals surface area contributed by atoms with Crippen molar-refractivity contribution in [2.24, 2.45) is 0 Å². The number of amides is 1. The lowest BCUT2D eigenvalue weighted by molar-refractivity contribution is -0.117. The van der Waals surface area contributed by atoms with Crippen molar-refractivity contribution in [2.75, 3.05) is 43.0 Å². The van der Waals surface area contributed by atoms with Crippen LogP contribution in [0.4, 0.5) is 11.7 Å². The molecule has 0 N–H and O–H groups in total. The first kappa shape index (κ1) is 17.9. The zero-order valence-electron chi connectivity index (χ0n) is 15.3. The molecule has 0 radical (unpaired) electrons. The van der Waals surface area contributed by atoms with Gasteiger partial charge in [-0.15, -0.1) is 5.10 Å². The Bertz CT molecular complexity index is 979. The fourth-order valence-corrected chi connectivity index (χ4v) is 4.86. The van der Waals surface area contributed by atoms with Gasteiger partial charge in [0.05, 0.1) is 11.3 Å². The van der Waals surface area contributed by atoms with Crippen molar-refractivity contribution >= 4 is 27.6 Å². The van der Waals surface area contributed by atoms with E-state index in [-0.39, 0.29) is 17.2 Å². The summed E-state index contributed by atoms with van der Waals surface area (Å²) in [6.45, 7) is 3.57. The van der Waals surface area contributed by atoms with Gasteiger partial charge in [0.1, 0.15) is 0 Å². The molecule has 0 aliphatic carbocycles. The molecule has 1 aromatic carbocycles. The first-order valence-corrected chi connectivity index (χ1v) is 10.3. The lowest BCUT2D eigenvalue weighted by atomic mass is 10.2. The van der Waals surface area contributed by atoms with Crippen molar-refractivity contribution < 1.29 is 17.6 Å². The molecule has 4 rings (SSSR count). The first-order valence-electron chi connectivity index (χ1n) is 8.87. The van der Waals surface area contributed by atoms with Gasteiger partial charge in [-0.3, -0.25) is 4.79 Å². The van der Waals surface area contributed by atoms with Crippen LogP contribution in [0.15, 0.2) is 27.5 Å². The molecule has 1 amide bonds. The fraction of sp³-hybridized carbons (Fsp3) is 0.471. The number of carbonyl (C=O) groups is 1. The quantitative estimate of drug-likeness (QED) is 0.755. The zero-order chi connectivity index (χ0) is 19.2. The summed E-state index contributed by atoms with van der Waals surface area (Å²) in [4.78, 5) is 15.5. The number of hydrogen-bond donors (Lipinski definition) is 0. The zero-order valence-corrected chi connectivity index (χ0v) is 16.1. The van der Waals surface area contributed by atoms with Crippen LogP contribution in [-0.4, -0.2) is 62.1 Å². The van der Waals surface area contributed by atoms with Gasteiger partial charge in [0.15, 0.2) is 0 Å². The number of anilines is 2. The SMILES string of the molecule is CCc1nnc(N2CCN(S(=O)(=O)c3ccc4c(c3)CC(=O)N4C)CC2)o1. The molecule has 0 spiro atoms. The monoisotopic (exact) mass is 391 g/mol. The summed E-state index contributed by atoms with van der Waals surface area (Å²) in [5.74, 6) is 0.539. The third kappa shape index (κ3) is 3.08. The number of sulfonamides is 1. The average Bonchev–Trinajstić information content (AvgIpc) is 3.26. The predicted octanol–water partition coefficient (Wildman–Crippen LogP) is 0.662. The van der Waals surface area contributed by atoms with Crippen LogP contribution in [0.1, 0.15) is 18.4 Å². The first-order chi connectivity index (χ1) is 12.9. The fourth-order valence-electron chi connectivity index (χ4n) is 3.39. The number of rotatable bonds is 4. The lowest BCUT2D eigenvalue weighted by Gasteiger charge is -2.32. The second-order valence-electron chi connectivity index (χ2n) is 6.64. The van der Waals surface area contributed by atoms with Gasteiger partial charge in [0.25, 0.3) is 0 Å². The minimum Gasteiger partial charge on any atom is -0.408 e. The third-order valence-electron chi connectivity index (χ3n) is 5.03. The van der Waals surface area contributed by atoms with Gasteiger partial charge in [-0.25, -0.2) is 8.42 Å². The Labute approximate surface area is 157 Å². The number of aromatic nitrogens is 2. The van der Waals surface area contributed by atoms with E-state index in [0.717, 1.165) is 11.3 Å². The van der Waals surface area contributed by atoms with Crippen molar-refractivity contribution in [1.82, 2.24) is 14.5 Å². The summed E-state index contributed by atoms with van der Waals surface area (Å²) in [5, 5.41) is 7.96. The van der Waals surface area contributed by atoms with Crippen LogP contribution in [0.3, 0.4) is 0 Å². The van der Waals surface area contributed by atoms with Gasteiger partial charge in [-0.2, -0.15) is 4.31 Å². The Hall–Kier alpha value is -2.46. The minimum absolute atomic E-state index is 0.0285. The number of piperazine rings is 1. The van der Waals surface area contributed by atoms with Gasteiger partial charge in [-0.05, 0) is 23.8 Å². The molecule has 1 aromatic heterocycles. The van der Waals surface area contributed by atoms with Crippen LogP contribution in [0.2, 0.25) is 0 Å². The Kier molecular flexibility index (Phi) is 4.39. The molecule has 1 saturated heterocycles. The van der Waals surface area contributed by atoms with E-state index in [1.165, 1.54) is 4.31 Å². The van der Waals surface area contributed by atoms with Gasteiger partial charge in [-0.1, -0.05) is 12.0 Å². The summed E-state index contributed by atoms with van der Waals surface area (Å²) >= 11 is 0. The second-order valence-corrected chi connectivity index (χ2v) is 8.58. The van der Waals surface area contributed by atoms with E-state index >= 15 is 0 Å². The number of nitrogens with zero attached hydrogens (tertiary/aromatic N) is 5. The molecule has 9 nitrogen and oxygen atoms in total. The number of likely N-dealkylation sites (N-methyl/N-ethyl adjacent to an activating group) is 1. The number of carbonyl (C=O) groups excluding carboxylic acids is 1. The van der Waals surface area contributed by atoms with Crippen molar-refractivity contribution in [3.8, 4) is 0 Å². The second kappa shape index (κ2) is 6.61. The molecule has 10 heteroatoms. The number of benzene rings is 1. The predicted molar refractivity (Wildman–Crippen MR) is 98.2 cm³/mol. The van der Waals surface area contributed by atoms with Crippen molar-refractivity contribution in [1.29, 1.82) is 0 Å². The van der Waals surface area contributed by atoms with Gasteiger partial charge in [0, 0.05) is 45.3 Å². The standard InChI is InChI=1S/C17H21N5O4S/c1-3-15-18-19-17(26-15)21-6-8-22(9-7-21)27(24,25)13-4-5-14-12(10-13)11-16(23)20(14)2/h4-5,10H,3,6-9,11H2,1-2H3. The normalized spacial score (nSPS) is 18.2. The van der Waals surface area contributed by atoms with E-state index in [1.54, 1.807) is 30.1 Å². The van der Waals surface area contributed by atoms with Crippen LogP contribution >= 0.6 is 0 Å². The largest absolute Gasteiger partial charge is 0.408 e. The van der Waals surface area contributed by atoms with E-state index in [0.29, 0.717) is 44.5 Å². The molecular weight excluding hydrogens is 370 g/mol. The van der Waals surface area contributed by atoms with Gasteiger partial charge < -0.3 is 14.2 Å². The smallest absolute Gasteiger partial charge is 0.318 e. The minimum atomic E-state index is -3.61. The molecule has 3 heterocycles. The summed E-state index contributed by atoms with van der Waals surface area (Å²) < 4.78 is 33.0. The van der Waals surface area contributed by atoms with E-state index in [9.17, 15) is 13.2 Å². The van der Waals surface area contributed by atoms with E-state index in [4.69, 9.17) is 4.42 Å². The number of aryl methyl sites for hydroxylation is 1. The Balaban J connectivity index is 1.49. The van der Waals surface area contributed by atoms with E-state index in [2.05, 4.69) is 10.2 Å². The van der Waals surface area contributed by atoms with E-state index in [1.807, 2.05) is 11.8 Å². The molecule has 27 heavy (non-hydrogen) atoms. The number of fused-ring (bicyclic) bond motifs is 1. The average molecular weight is 391 g/mol. The molecule has 0 bridgehead atoms. The lowest BCUT2D eigenvalue weighted by Crippen LogP contribution is -2.48. The van der Waals surface area contributed by atoms with Crippen LogP contribution < -0.4 is 9.80 Å². The highest BCUT2D eigenvalue weighted by Crippen LogP contribution is 2.31. The molecule has 0 atom stereocenters. The maximum atomic E-state index is 13.0. The molecule has 1 fully saturated rings. The maximum absolute atomic E-state index is 13.0. The van der Waals surface area contributed by atoms with Crippen molar-refractivity contribution in [3.63, 3.8) is 0 Å². The summed E-state index contributed by atoms with van der Waals surface area (Å²) in [7, 11) is -1.92. The Morgan fingerprint density at radius 3 is 2.56 bits per heavy atom. The van der Waals surface area contributed by atoms with Crippen molar-refractivity contribution in [2.45, 2.75) is 24.7 Å². The third-order valence-corrected chi connectivity index (χ3v) is 6.93. The maximum Gasteiger partial charge on any atom is 0.318 e. The van der Waals surface area contributed by atoms with E-state index < -0.39 is 10.0 Å². The topological polar surface area (TPSA) is 99.8 Å². The Morgan fingerprint density at radius 2 is 1.89 bits per heavy atom. The molecule has 2 aliphatic rings. The summed E-state index contributed by atoms with van der Waals surface area (Å²) in [6.07, 6.45) is 0.900. The van der Waals surface area contributed by atoms with Gasteiger partial charge >= 0.3 is 6.01 Å². The Morgan fingerprint density at radius 1 is 1.15 bits per heavy atom.